The zero-order valence-electron chi connectivity index (χ0n) is 23.1. The molecule has 0 aliphatic rings. The van der Waals surface area contributed by atoms with E-state index in [1.165, 1.54) is 42.5 Å². The Bertz CT molecular complexity index is 1620. The molecule has 0 aliphatic carbocycles. The summed E-state index contributed by atoms with van der Waals surface area (Å²) >= 11 is 19.2. The molecule has 0 amide bonds. The number of nitrogens with zero attached hydrogens (tertiary/aromatic N) is 1. The molecule has 4 aromatic rings. The fourth-order valence-corrected chi connectivity index (χ4v) is 4.12. The molecule has 3 aromatic carbocycles. The Balaban J connectivity index is 1.72. The van der Waals surface area contributed by atoms with Crippen molar-refractivity contribution in [2.45, 2.75) is 26.3 Å². The highest BCUT2D eigenvalue weighted by atomic mass is 35.5. The van der Waals surface area contributed by atoms with Gasteiger partial charge in [-0.3, -0.25) is 0 Å². The molecule has 8 heteroatoms. The van der Waals surface area contributed by atoms with Gasteiger partial charge >= 0.3 is 5.97 Å². The summed E-state index contributed by atoms with van der Waals surface area (Å²) in [5.74, 6) is -1.12. The van der Waals surface area contributed by atoms with Gasteiger partial charge < -0.3 is 14.4 Å². The Hall–Kier alpha value is -3.25. The van der Waals surface area contributed by atoms with Crippen LogP contribution in [0, 0.1) is 0 Å². The van der Waals surface area contributed by atoms with Crippen LogP contribution in [-0.4, -0.2) is 16.2 Å². The van der Waals surface area contributed by atoms with Crippen LogP contribution in [0.1, 0.15) is 58.1 Å². The lowest BCUT2D eigenvalue weighted by Crippen LogP contribution is -2.01. The van der Waals surface area contributed by atoms with Crippen LogP contribution in [-0.2, 0) is 6.56 Å². The summed E-state index contributed by atoms with van der Waals surface area (Å²) in [5, 5.41) is 13.9. The number of aromatic nitrogens is 1. The number of aromatic carboxylic acids is 1. The van der Waals surface area contributed by atoms with Crippen molar-refractivity contribution in [3.8, 4) is 17.0 Å². The average Bonchev–Trinajstić information content (AvgIpc) is 3.34. The van der Waals surface area contributed by atoms with Crippen molar-refractivity contribution < 1.29 is 24.6 Å². The minimum atomic E-state index is -2.47. The largest absolute Gasteiger partial charge is 0.489 e. The van der Waals surface area contributed by atoms with E-state index in [1.807, 2.05) is 13.8 Å². The molecule has 0 saturated carbocycles. The molecule has 0 spiro atoms. The number of carboxylic acids is 1. The fourth-order valence-electron chi connectivity index (χ4n) is 3.33. The number of hydrogen-bond donors (Lipinski definition) is 1. The van der Waals surface area contributed by atoms with Gasteiger partial charge in [0.25, 0.3) is 0 Å². The standard InChI is InChI=1S/C28H22Cl3NO4/c1-16(2)27-21(26(32-36-27)25-22(29)7-4-8-23(25)30)15-35-20-12-11-18(24(31)14-20)10-9-17-5-3-6-19(13-17)28(33)34/h3-14,16H,15H2,1-2H3,(H,33,34)/b10-9+/i9D,10D,15D2. The first-order valence-corrected chi connectivity index (χ1v) is 11.9. The van der Waals surface area contributed by atoms with Crippen molar-refractivity contribution in [1.82, 2.24) is 5.16 Å². The van der Waals surface area contributed by atoms with Crippen LogP contribution in [0.25, 0.3) is 23.4 Å². The molecule has 1 N–H and O–H groups in total. The number of benzene rings is 3. The van der Waals surface area contributed by atoms with E-state index < -0.39 is 12.5 Å². The van der Waals surface area contributed by atoms with E-state index in [2.05, 4.69) is 5.16 Å². The quantitative estimate of drug-likeness (QED) is 0.223. The van der Waals surface area contributed by atoms with E-state index >= 15 is 0 Å². The third-order valence-corrected chi connectivity index (χ3v) is 6.05. The van der Waals surface area contributed by atoms with Crippen LogP contribution in [0.4, 0.5) is 0 Å². The summed E-state index contributed by atoms with van der Waals surface area (Å²) in [6.07, 6.45) is 0. The normalized spacial score (nSPS) is 13.9. The van der Waals surface area contributed by atoms with E-state index in [-0.39, 0.29) is 72.5 Å². The van der Waals surface area contributed by atoms with Gasteiger partial charge in [-0.05, 0) is 53.6 Å². The van der Waals surface area contributed by atoms with Crippen LogP contribution in [0.3, 0.4) is 0 Å². The average molecular weight is 547 g/mol. The molecule has 0 bridgehead atoms. The molecular formula is C28H22Cl3NO4. The minimum absolute atomic E-state index is 0.0147. The summed E-state index contributed by atoms with van der Waals surface area (Å²) in [6, 6.07) is 14.3. The first-order valence-electron chi connectivity index (χ1n) is 12.8. The molecule has 0 aliphatic heterocycles. The Morgan fingerprint density at radius 1 is 1.08 bits per heavy atom. The topological polar surface area (TPSA) is 72.6 Å². The number of hydrogen-bond acceptors (Lipinski definition) is 4. The van der Waals surface area contributed by atoms with Gasteiger partial charge in [0.2, 0.25) is 0 Å². The molecule has 0 radical (unpaired) electrons. The number of carboxylic acid groups (broad SMARTS) is 1. The third-order valence-electron chi connectivity index (χ3n) is 5.10. The molecule has 4 rings (SSSR count). The summed E-state index contributed by atoms with van der Waals surface area (Å²) < 4.78 is 45.8. The highest BCUT2D eigenvalue weighted by molar-refractivity contribution is 6.39. The smallest absolute Gasteiger partial charge is 0.335 e. The molecule has 1 aromatic heterocycles. The van der Waals surface area contributed by atoms with E-state index in [0.717, 1.165) is 0 Å². The van der Waals surface area contributed by atoms with Crippen LogP contribution in [0.5, 0.6) is 5.75 Å². The first-order chi connectivity index (χ1) is 18.8. The van der Waals surface area contributed by atoms with Gasteiger partial charge in [0.1, 0.15) is 23.8 Å². The molecule has 184 valence electrons. The van der Waals surface area contributed by atoms with Gasteiger partial charge in [-0.2, -0.15) is 0 Å². The zero-order valence-corrected chi connectivity index (χ0v) is 21.4. The van der Waals surface area contributed by atoms with E-state index in [1.54, 1.807) is 18.2 Å². The van der Waals surface area contributed by atoms with Gasteiger partial charge in [-0.15, -0.1) is 0 Å². The second kappa shape index (κ2) is 11.2. The van der Waals surface area contributed by atoms with Gasteiger partial charge in [-0.1, -0.05) is 84.1 Å². The van der Waals surface area contributed by atoms with Gasteiger partial charge in [0, 0.05) is 11.5 Å². The number of rotatable bonds is 8. The summed E-state index contributed by atoms with van der Waals surface area (Å²) in [4.78, 5) is 11.3. The zero-order chi connectivity index (χ0) is 29.4. The molecule has 36 heavy (non-hydrogen) atoms. The molecule has 0 saturated heterocycles. The molecule has 0 unspecified atom stereocenters. The maximum absolute atomic E-state index is 11.3. The van der Waals surface area contributed by atoms with Crippen molar-refractivity contribution in [2.24, 2.45) is 0 Å². The Labute approximate surface area is 229 Å². The third kappa shape index (κ3) is 5.76. The molecular weight excluding hydrogens is 521 g/mol. The lowest BCUT2D eigenvalue weighted by molar-refractivity contribution is 0.0697. The van der Waals surface area contributed by atoms with Crippen LogP contribution < -0.4 is 4.74 Å². The maximum atomic E-state index is 11.3. The Morgan fingerprint density at radius 3 is 2.47 bits per heavy atom. The lowest BCUT2D eigenvalue weighted by atomic mass is 10.0. The predicted octanol–water partition coefficient (Wildman–Crippen LogP) is 8.87. The van der Waals surface area contributed by atoms with Crippen molar-refractivity contribution in [2.75, 3.05) is 0 Å². The second-order valence-electron chi connectivity index (χ2n) is 8.00. The minimum Gasteiger partial charge on any atom is -0.489 e. The lowest BCUT2D eigenvalue weighted by Gasteiger charge is -2.11. The van der Waals surface area contributed by atoms with Crippen molar-refractivity contribution in [3.63, 3.8) is 0 Å². The monoisotopic (exact) mass is 545 g/mol. The van der Waals surface area contributed by atoms with E-state index in [4.69, 9.17) is 49.5 Å². The predicted molar refractivity (Wildman–Crippen MR) is 144 cm³/mol. The summed E-state index contributed by atoms with van der Waals surface area (Å²) in [5.41, 5.74) is 0.820. The first kappa shape index (κ1) is 20.9. The highest BCUT2D eigenvalue weighted by Gasteiger charge is 2.23. The summed E-state index contributed by atoms with van der Waals surface area (Å²) in [6.45, 7) is 1.16. The van der Waals surface area contributed by atoms with Crippen LogP contribution in [0.2, 0.25) is 15.1 Å². The molecule has 1 heterocycles. The van der Waals surface area contributed by atoms with Gasteiger partial charge in [0.15, 0.2) is 0 Å². The maximum Gasteiger partial charge on any atom is 0.335 e. The van der Waals surface area contributed by atoms with Crippen LogP contribution in [0.15, 0.2) is 65.2 Å². The number of halogens is 3. The van der Waals surface area contributed by atoms with Crippen molar-refractivity contribution in [3.05, 3.63) is 104 Å². The Morgan fingerprint density at radius 2 is 1.81 bits per heavy atom. The molecule has 0 atom stereocenters. The van der Waals surface area contributed by atoms with Crippen LogP contribution >= 0.6 is 34.8 Å². The van der Waals surface area contributed by atoms with E-state index in [9.17, 15) is 9.90 Å². The van der Waals surface area contributed by atoms with E-state index in [0.29, 0.717) is 5.56 Å². The summed E-state index contributed by atoms with van der Waals surface area (Å²) in [7, 11) is 0. The Kier molecular flexibility index (Phi) is 6.51. The molecule has 0 fully saturated rings. The second-order valence-corrected chi connectivity index (χ2v) is 9.23. The SMILES string of the molecule is [2H]/C(=C(/[2H])c1ccc(OC([2H])([2H])c2c(-c3c(Cl)cccc3Cl)noc2C(C)C)cc1Cl)c1cccc(C(=O)O)c1. The van der Waals surface area contributed by atoms with Crippen molar-refractivity contribution in [1.29, 1.82) is 0 Å². The fraction of sp³-hybridized carbons (Fsp3) is 0.143. The highest BCUT2D eigenvalue weighted by Crippen LogP contribution is 2.39. The molecule has 5 nitrogen and oxygen atoms in total. The van der Waals surface area contributed by atoms with Crippen molar-refractivity contribution >= 4 is 52.9 Å². The number of ether oxygens (including phenoxy) is 1. The van der Waals surface area contributed by atoms with Gasteiger partial charge in [-0.25, -0.2) is 4.79 Å². The van der Waals surface area contributed by atoms with Gasteiger partial charge in [0.05, 0.1) is 31.7 Å². The number of carbonyl (C=O) groups is 1.